The highest BCUT2D eigenvalue weighted by Crippen LogP contribution is 2.28. The number of aromatic nitrogens is 1. The van der Waals surface area contributed by atoms with Gasteiger partial charge in [-0.25, -0.2) is 0 Å². The minimum absolute atomic E-state index is 0.183. The van der Waals surface area contributed by atoms with Gasteiger partial charge in [-0.3, -0.25) is 10.1 Å². The van der Waals surface area contributed by atoms with Gasteiger partial charge in [0.15, 0.2) is 0 Å². The zero-order chi connectivity index (χ0) is 16.8. The molecule has 0 unspecified atom stereocenters. The topological polar surface area (TPSA) is 64.4 Å². The maximum absolute atomic E-state index is 12.4. The number of carbonyl (C=O) groups excluding carboxylic acids is 1. The van der Waals surface area contributed by atoms with E-state index in [1.165, 1.54) is 12.8 Å². The van der Waals surface area contributed by atoms with Crippen LogP contribution < -0.4 is 10.1 Å². The van der Waals surface area contributed by atoms with Crippen molar-refractivity contribution in [2.45, 2.75) is 51.9 Å². The second-order valence-corrected chi connectivity index (χ2v) is 6.18. The second kappa shape index (κ2) is 7.99. The minimum Gasteiger partial charge on any atom is -0.494 e. The van der Waals surface area contributed by atoms with Gasteiger partial charge < -0.3 is 9.26 Å². The molecule has 0 spiro atoms. The molecule has 0 aliphatic heterocycles. The van der Waals surface area contributed by atoms with E-state index in [0.29, 0.717) is 18.1 Å². The molecule has 1 aromatic carbocycles. The fourth-order valence-corrected chi connectivity index (χ4v) is 2.91. The van der Waals surface area contributed by atoms with Gasteiger partial charge in [0, 0.05) is 11.1 Å². The van der Waals surface area contributed by atoms with Crippen LogP contribution in [0.15, 0.2) is 28.8 Å². The summed E-state index contributed by atoms with van der Waals surface area (Å²) in [6.07, 6.45) is 7.48. The molecule has 1 aliphatic rings. The first-order valence-corrected chi connectivity index (χ1v) is 8.79. The number of nitrogens with zero attached hydrogens (tertiary/aromatic N) is 1. The van der Waals surface area contributed by atoms with E-state index in [1.807, 2.05) is 12.1 Å². The van der Waals surface area contributed by atoms with E-state index in [-0.39, 0.29) is 5.91 Å². The van der Waals surface area contributed by atoms with Crippen LogP contribution in [0.2, 0.25) is 0 Å². The Bertz CT molecular complexity index is 676. The number of anilines is 1. The maximum Gasteiger partial charge on any atom is 0.258 e. The molecule has 1 amide bonds. The number of nitrogens with one attached hydrogen (secondary N) is 1. The van der Waals surface area contributed by atoms with Crippen LogP contribution in [0, 0.1) is 0 Å². The molecule has 0 saturated carbocycles. The standard InChI is InChI=1S/C19H24N2O3/c1-2-3-6-13-23-15-11-9-14(10-12-15)18(22)20-19-16-7-4-5-8-17(16)21-24-19/h9-12H,2-8,13H2,1H3,(H,20,22). The Hall–Kier alpha value is -2.30. The summed E-state index contributed by atoms with van der Waals surface area (Å²) in [5, 5.41) is 6.89. The van der Waals surface area contributed by atoms with E-state index in [9.17, 15) is 4.79 Å². The molecule has 0 saturated heterocycles. The molecule has 24 heavy (non-hydrogen) atoms. The Morgan fingerprint density at radius 1 is 1.21 bits per heavy atom. The average Bonchev–Trinajstić information content (AvgIpc) is 3.02. The molecule has 1 N–H and O–H groups in total. The van der Waals surface area contributed by atoms with Crippen LogP contribution in [-0.4, -0.2) is 17.7 Å². The Morgan fingerprint density at radius 2 is 2.00 bits per heavy atom. The van der Waals surface area contributed by atoms with Crippen molar-refractivity contribution in [1.29, 1.82) is 0 Å². The molecule has 1 aliphatic carbocycles. The van der Waals surface area contributed by atoms with Crippen molar-refractivity contribution in [1.82, 2.24) is 5.16 Å². The van der Waals surface area contributed by atoms with Crippen LogP contribution in [0.4, 0.5) is 5.88 Å². The summed E-state index contributed by atoms with van der Waals surface area (Å²) in [6.45, 7) is 2.88. The van der Waals surface area contributed by atoms with Crippen molar-refractivity contribution in [2.24, 2.45) is 0 Å². The van der Waals surface area contributed by atoms with E-state index < -0.39 is 0 Å². The zero-order valence-corrected chi connectivity index (χ0v) is 14.1. The molecular weight excluding hydrogens is 304 g/mol. The quantitative estimate of drug-likeness (QED) is 0.766. The number of rotatable bonds is 7. The van der Waals surface area contributed by atoms with Crippen molar-refractivity contribution >= 4 is 11.8 Å². The number of aryl methyl sites for hydroxylation is 1. The lowest BCUT2D eigenvalue weighted by Gasteiger charge is -2.10. The van der Waals surface area contributed by atoms with Crippen LogP contribution >= 0.6 is 0 Å². The summed E-state index contributed by atoms with van der Waals surface area (Å²) in [6, 6.07) is 7.20. The molecule has 1 heterocycles. The molecule has 1 aromatic heterocycles. The Labute approximate surface area is 142 Å². The highest BCUT2D eigenvalue weighted by molar-refractivity contribution is 6.03. The first-order chi connectivity index (χ1) is 11.8. The van der Waals surface area contributed by atoms with Gasteiger partial charge in [0.25, 0.3) is 5.91 Å². The largest absolute Gasteiger partial charge is 0.494 e. The smallest absolute Gasteiger partial charge is 0.258 e. The lowest BCUT2D eigenvalue weighted by Crippen LogP contribution is -2.13. The first kappa shape index (κ1) is 16.6. The number of amides is 1. The van der Waals surface area contributed by atoms with Crippen molar-refractivity contribution in [2.75, 3.05) is 11.9 Å². The molecule has 3 rings (SSSR count). The number of fused-ring (bicyclic) bond motifs is 1. The molecule has 2 aromatic rings. The van der Waals surface area contributed by atoms with Gasteiger partial charge in [0.1, 0.15) is 5.75 Å². The van der Waals surface area contributed by atoms with E-state index in [0.717, 1.165) is 49.1 Å². The normalized spacial score (nSPS) is 13.4. The highest BCUT2D eigenvalue weighted by Gasteiger charge is 2.21. The van der Waals surface area contributed by atoms with Crippen molar-refractivity contribution < 1.29 is 14.1 Å². The predicted molar refractivity (Wildman–Crippen MR) is 92.6 cm³/mol. The van der Waals surface area contributed by atoms with Crippen molar-refractivity contribution in [3.8, 4) is 5.75 Å². The summed E-state index contributed by atoms with van der Waals surface area (Å²) in [5.74, 6) is 1.10. The van der Waals surface area contributed by atoms with Crippen LogP contribution in [0.1, 0.15) is 60.6 Å². The molecule has 0 bridgehead atoms. The minimum atomic E-state index is -0.183. The maximum atomic E-state index is 12.4. The molecule has 5 heteroatoms. The van der Waals surface area contributed by atoms with Gasteiger partial charge in [0.2, 0.25) is 5.88 Å². The first-order valence-electron chi connectivity index (χ1n) is 8.79. The lowest BCUT2D eigenvalue weighted by atomic mass is 9.97. The summed E-state index contributed by atoms with van der Waals surface area (Å²) in [4.78, 5) is 12.4. The van der Waals surface area contributed by atoms with E-state index in [4.69, 9.17) is 9.26 Å². The molecule has 5 nitrogen and oxygen atoms in total. The number of hydrogen-bond donors (Lipinski definition) is 1. The Balaban J connectivity index is 1.58. The van der Waals surface area contributed by atoms with Gasteiger partial charge in [0.05, 0.1) is 12.3 Å². The predicted octanol–water partition coefficient (Wildman–Crippen LogP) is 4.37. The van der Waals surface area contributed by atoms with Crippen molar-refractivity contribution in [3.05, 3.63) is 41.1 Å². The third-order valence-electron chi connectivity index (χ3n) is 4.32. The van der Waals surface area contributed by atoms with E-state index >= 15 is 0 Å². The monoisotopic (exact) mass is 328 g/mol. The molecule has 0 radical (unpaired) electrons. The molecule has 0 atom stereocenters. The molecule has 0 fully saturated rings. The van der Waals surface area contributed by atoms with Gasteiger partial charge in [-0.1, -0.05) is 24.9 Å². The van der Waals surface area contributed by atoms with Gasteiger partial charge in [-0.15, -0.1) is 0 Å². The second-order valence-electron chi connectivity index (χ2n) is 6.18. The van der Waals surface area contributed by atoms with E-state index in [1.54, 1.807) is 12.1 Å². The fourth-order valence-electron chi connectivity index (χ4n) is 2.91. The van der Waals surface area contributed by atoms with Gasteiger partial charge >= 0.3 is 0 Å². The Kier molecular flexibility index (Phi) is 5.51. The van der Waals surface area contributed by atoms with Crippen molar-refractivity contribution in [3.63, 3.8) is 0 Å². The number of unbranched alkanes of at least 4 members (excludes halogenated alkanes) is 2. The SMILES string of the molecule is CCCCCOc1ccc(C(=O)Nc2onc3c2CCCC3)cc1. The highest BCUT2D eigenvalue weighted by atomic mass is 16.5. The fraction of sp³-hybridized carbons (Fsp3) is 0.474. The van der Waals surface area contributed by atoms with Gasteiger partial charge in [-0.05, 0) is 56.4 Å². The Morgan fingerprint density at radius 3 is 2.79 bits per heavy atom. The number of benzene rings is 1. The molecule has 128 valence electrons. The zero-order valence-electron chi connectivity index (χ0n) is 14.1. The summed E-state index contributed by atoms with van der Waals surface area (Å²) in [5.41, 5.74) is 2.61. The third-order valence-corrected chi connectivity index (χ3v) is 4.32. The summed E-state index contributed by atoms with van der Waals surface area (Å²) in [7, 11) is 0. The lowest BCUT2D eigenvalue weighted by molar-refractivity contribution is 0.102. The number of ether oxygens (including phenoxy) is 1. The van der Waals surface area contributed by atoms with Gasteiger partial charge in [-0.2, -0.15) is 0 Å². The van der Waals surface area contributed by atoms with Crippen LogP contribution in [0.5, 0.6) is 5.75 Å². The van der Waals surface area contributed by atoms with Crippen LogP contribution in [0.25, 0.3) is 0 Å². The summed E-state index contributed by atoms with van der Waals surface area (Å²) < 4.78 is 11.0. The van der Waals surface area contributed by atoms with Crippen LogP contribution in [0.3, 0.4) is 0 Å². The van der Waals surface area contributed by atoms with E-state index in [2.05, 4.69) is 17.4 Å². The molecular formula is C19H24N2O3. The number of hydrogen-bond acceptors (Lipinski definition) is 4. The average molecular weight is 328 g/mol. The summed E-state index contributed by atoms with van der Waals surface area (Å²) >= 11 is 0. The number of carbonyl (C=O) groups is 1. The third kappa shape index (κ3) is 3.96. The van der Waals surface area contributed by atoms with Crippen LogP contribution in [-0.2, 0) is 12.8 Å².